The Labute approximate surface area is 204 Å². The molecule has 0 saturated heterocycles. The van der Waals surface area contributed by atoms with E-state index in [-0.39, 0.29) is 5.60 Å². The second kappa shape index (κ2) is 8.05. The summed E-state index contributed by atoms with van der Waals surface area (Å²) < 4.78 is 7.09. The second-order valence-electron chi connectivity index (χ2n) is 14.0. The first-order chi connectivity index (χ1) is 15.4. The third kappa shape index (κ3) is 3.99. The molecule has 0 spiro atoms. The minimum Gasteiger partial charge on any atom is -0.412 e. The lowest BCUT2D eigenvalue weighted by Crippen LogP contribution is -2.54. The Morgan fingerprint density at radius 2 is 1.64 bits per heavy atom. The fraction of sp³-hybridized carbons (Fsp3) is 0.767. The quantitative estimate of drug-likeness (QED) is 0.417. The van der Waals surface area contributed by atoms with Crippen molar-refractivity contribution < 1.29 is 4.43 Å². The normalized spacial score (nSPS) is 41.1. The predicted molar refractivity (Wildman–Crippen MR) is 141 cm³/mol. The molecule has 0 amide bonds. The molecule has 1 aromatic heterocycles. The van der Waals surface area contributed by atoms with Crippen molar-refractivity contribution in [2.75, 3.05) is 0 Å². The van der Waals surface area contributed by atoms with Crippen LogP contribution in [0.3, 0.4) is 0 Å². The van der Waals surface area contributed by atoms with Gasteiger partial charge in [-0.2, -0.15) is 0 Å². The number of hydrogen-bond acceptors (Lipinski definition) is 2. The van der Waals surface area contributed by atoms with E-state index in [1.165, 1.54) is 56.9 Å². The van der Waals surface area contributed by atoms with Crippen molar-refractivity contribution in [3.8, 4) is 0 Å². The van der Waals surface area contributed by atoms with Gasteiger partial charge in [-0.25, -0.2) is 0 Å². The van der Waals surface area contributed by atoms with Crippen LogP contribution in [0.25, 0.3) is 5.57 Å². The van der Waals surface area contributed by atoms with E-state index < -0.39 is 8.32 Å². The maximum atomic E-state index is 7.09. The van der Waals surface area contributed by atoms with Crippen LogP contribution in [-0.4, -0.2) is 18.9 Å². The van der Waals surface area contributed by atoms with Crippen LogP contribution >= 0.6 is 0 Å². The highest BCUT2D eigenvalue weighted by Crippen LogP contribution is 2.65. The van der Waals surface area contributed by atoms with E-state index in [2.05, 4.69) is 70.9 Å². The van der Waals surface area contributed by atoms with E-state index in [9.17, 15) is 0 Å². The van der Waals surface area contributed by atoms with E-state index >= 15 is 0 Å². The van der Waals surface area contributed by atoms with Gasteiger partial charge in [-0.3, -0.25) is 4.98 Å². The number of allylic oxidation sites excluding steroid dienone is 2. The Bertz CT molecular complexity index is 902. The van der Waals surface area contributed by atoms with Crippen molar-refractivity contribution in [3.05, 3.63) is 36.2 Å². The molecular weight excluding hydrogens is 418 g/mol. The van der Waals surface area contributed by atoms with Crippen LogP contribution in [0.15, 0.2) is 30.6 Å². The molecular formula is C30H47NOSi. The van der Waals surface area contributed by atoms with E-state index in [0.29, 0.717) is 10.5 Å². The Morgan fingerprint density at radius 3 is 2.33 bits per heavy atom. The van der Waals surface area contributed by atoms with Crippen molar-refractivity contribution in [2.24, 2.45) is 35.0 Å². The summed E-state index contributed by atoms with van der Waals surface area (Å²) in [5, 5.41) is 0.292. The minimum atomic E-state index is -1.73. The molecule has 1 aromatic rings. The van der Waals surface area contributed by atoms with Crippen LogP contribution in [0, 0.1) is 35.0 Å². The van der Waals surface area contributed by atoms with Gasteiger partial charge in [0, 0.05) is 12.4 Å². The standard InChI is InChI=1S/C30H47NOSi/c1-28(2,3)33(6,7)32-29(4)16-12-23-22(20-29)8-9-25-24(23)13-17-30(5)26(10-11-27(25)30)21-14-18-31-19-15-21/h10,14-15,18-19,22-25,27H,8-9,11-13,16-17,20H2,1-7H3/t22-,23+,24-,25-,27+,29-,30-/m1/s1. The third-order valence-corrected chi connectivity index (χ3v) is 15.7. The smallest absolute Gasteiger partial charge is 0.192 e. The molecule has 0 unspecified atom stereocenters. The topological polar surface area (TPSA) is 22.1 Å². The number of pyridine rings is 1. The Balaban J connectivity index is 1.30. The number of rotatable bonds is 3. The molecule has 7 atom stereocenters. The zero-order valence-electron chi connectivity index (χ0n) is 22.3. The summed E-state index contributed by atoms with van der Waals surface area (Å²) >= 11 is 0. The lowest BCUT2D eigenvalue weighted by Gasteiger charge is -2.58. The van der Waals surface area contributed by atoms with Crippen LogP contribution in [-0.2, 0) is 4.43 Å². The lowest BCUT2D eigenvalue weighted by atomic mass is 9.49. The monoisotopic (exact) mass is 465 g/mol. The molecule has 1 heterocycles. The van der Waals surface area contributed by atoms with Crippen molar-refractivity contribution in [3.63, 3.8) is 0 Å². The summed E-state index contributed by atoms with van der Waals surface area (Å²) in [6.45, 7) is 17.1. The number of fused-ring (bicyclic) bond motifs is 5. The third-order valence-electron chi connectivity index (χ3n) is 11.1. The van der Waals surface area contributed by atoms with E-state index in [0.717, 1.165) is 29.6 Å². The summed E-state index contributed by atoms with van der Waals surface area (Å²) in [5.74, 6) is 4.54. The van der Waals surface area contributed by atoms with Gasteiger partial charge in [0.1, 0.15) is 0 Å². The molecule has 0 radical (unpaired) electrons. The highest BCUT2D eigenvalue weighted by Gasteiger charge is 2.56. The molecule has 3 saturated carbocycles. The first kappa shape index (κ1) is 23.8. The molecule has 0 N–H and O–H groups in total. The summed E-state index contributed by atoms with van der Waals surface area (Å²) in [6, 6.07) is 4.46. The molecule has 5 rings (SSSR count). The van der Waals surface area contributed by atoms with Crippen LogP contribution in [0.2, 0.25) is 18.1 Å². The number of hydrogen-bond donors (Lipinski definition) is 0. The van der Waals surface area contributed by atoms with Crippen molar-refractivity contribution >= 4 is 13.9 Å². The first-order valence-corrected chi connectivity index (χ1v) is 16.7. The molecule has 3 heteroatoms. The largest absolute Gasteiger partial charge is 0.412 e. The summed E-state index contributed by atoms with van der Waals surface area (Å²) in [5.41, 5.74) is 3.50. The second-order valence-corrected chi connectivity index (χ2v) is 18.8. The predicted octanol–water partition coefficient (Wildman–Crippen LogP) is 8.51. The molecule has 4 aliphatic rings. The molecule has 182 valence electrons. The van der Waals surface area contributed by atoms with Crippen LogP contribution in [0.4, 0.5) is 0 Å². The minimum absolute atomic E-state index is 0.101. The van der Waals surface area contributed by atoms with Gasteiger partial charge in [-0.05, 0) is 135 Å². The van der Waals surface area contributed by atoms with Crippen LogP contribution in [0.5, 0.6) is 0 Å². The Hall–Kier alpha value is -0.933. The van der Waals surface area contributed by atoms with Crippen molar-refractivity contribution in [1.29, 1.82) is 0 Å². The fourth-order valence-electron chi connectivity index (χ4n) is 8.47. The van der Waals surface area contributed by atoms with Gasteiger partial charge in [-0.15, -0.1) is 0 Å². The zero-order valence-corrected chi connectivity index (χ0v) is 23.3. The number of nitrogens with zero attached hydrogens (tertiary/aromatic N) is 1. The molecule has 0 aromatic carbocycles. The zero-order chi connectivity index (χ0) is 23.6. The van der Waals surface area contributed by atoms with Gasteiger partial charge < -0.3 is 4.43 Å². The highest BCUT2D eigenvalue weighted by atomic mass is 28.4. The fourth-order valence-corrected chi connectivity index (χ4v) is 10.2. The summed E-state index contributed by atoms with van der Waals surface area (Å²) in [6.07, 6.45) is 17.5. The van der Waals surface area contributed by atoms with Gasteiger partial charge in [0.2, 0.25) is 0 Å². The molecule has 4 aliphatic carbocycles. The maximum Gasteiger partial charge on any atom is 0.192 e. The first-order valence-electron chi connectivity index (χ1n) is 13.7. The SMILES string of the molecule is CC(C)(C)[Si](C)(C)O[C@]1(C)CC[C@H]2[C@H](CC[C@@H]3[C@@H]2CC[C@]2(C)C(c4ccncc4)=CC[C@@H]32)C1. The maximum absolute atomic E-state index is 7.09. The van der Waals surface area contributed by atoms with Gasteiger partial charge in [0.05, 0.1) is 5.60 Å². The Kier molecular flexibility index (Phi) is 5.80. The van der Waals surface area contributed by atoms with Gasteiger partial charge >= 0.3 is 0 Å². The lowest BCUT2D eigenvalue weighted by molar-refractivity contribution is -0.0836. The molecule has 0 bridgehead atoms. The molecule has 33 heavy (non-hydrogen) atoms. The average Bonchev–Trinajstić information content (AvgIpc) is 3.09. The van der Waals surface area contributed by atoms with Crippen LogP contribution in [0.1, 0.15) is 91.5 Å². The molecule has 2 nitrogen and oxygen atoms in total. The average molecular weight is 466 g/mol. The van der Waals surface area contributed by atoms with Gasteiger partial charge in [-0.1, -0.05) is 33.8 Å². The summed E-state index contributed by atoms with van der Waals surface area (Å²) in [7, 11) is -1.73. The van der Waals surface area contributed by atoms with Crippen LogP contribution < -0.4 is 0 Å². The molecule has 3 fully saturated rings. The van der Waals surface area contributed by atoms with E-state index in [4.69, 9.17) is 4.43 Å². The van der Waals surface area contributed by atoms with E-state index in [1.807, 2.05) is 12.4 Å². The van der Waals surface area contributed by atoms with Crippen molar-refractivity contribution in [2.45, 2.75) is 110 Å². The van der Waals surface area contributed by atoms with E-state index in [1.54, 1.807) is 5.57 Å². The molecule has 0 aliphatic heterocycles. The van der Waals surface area contributed by atoms with Gasteiger partial charge in [0.25, 0.3) is 0 Å². The summed E-state index contributed by atoms with van der Waals surface area (Å²) in [4.78, 5) is 4.27. The highest BCUT2D eigenvalue weighted by molar-refractivity contribution is 6.74. The van der Waals surface area contributed by atoms with Crippen molar-refractivity contribution in [1.82, 2.24) is 4.98 Å². The van der Waals surface area contributed by atoms with Gasteiger partial charge in [0.15, 0.2) is 8.32 Å². The Morgan fingerprint density at radius 1 is 0.939 bits per heavy atom. The number of aromatic nitrogens is 1.